The average Bonchev–Trinajstić information content (AvgIpc) is 3.29. The molecule has 1 aromatic heterocycles. The van der Waals surface area contributed by atoms with E-state index in [4.69, 9.17) is 4.74 Å². The van der Waals surface area contributed by atoms with E-state index in [-0.39, 0.29) is 16.8 Å². The summed E-state index contributed by atoms with van der Waals surface area (Å²) >= 11 is 0. The molecule has 0 spiro atoms. The van der Waals surface area contributed by atoms with Gasteiger partial charge in [-0.05, 0) is 37.1 Å². The van der Waals surface area contributed by atoms with Gasteiger partial charge in [-0.25, -0.2) is 8.42 Å². The van der Waals surface area contributed by atoms with E-state index in [9.17, 15) is 13.2 Å². The average molecular weight is 420 g/mol. The summed E-state index contributed by atoms with van der Waals surface area (Å²) in [7, 11) is -2.07. The van der Waals surface area contributed by atoms with Gasteiger partial charge in [-0.3, -0.25) is 4.79 Å². The Morgan fingerprint density at radius 3 is 2.55 bits per heavy atom. The lowest BCUT2D eigenvalue weighted by atomic mass is 10.2. The number of methoxy groups -OCH3 is 1. The van der Waals surface area contributed by atoms with Crippen molar-refractivity contribution in [2.75, 3.05) is 26.7 Å². The van der Waals surface area contributed by atoms with Crippen molar-refractivity contribution in [3.05, 3.63) is 35.9 Å². The Bertz CT molecular complexity index is 1000. The van der Waals surface area contributed by atoms with Crippen LogP contribution in [0.2, 0.25) is 0 Å². The molecule has 2 aliphatic heterocycles. The summed E-state index contributed by atoms with van der Waals surface area (Å²) in [6.45, 7) is 3.43. The topological polar surface area (TPSA) is 97.6 Å². The highest BCUT2D eigenvalue weighted by atomic mass is 32.2. The Balaban J connectivity index is 1.55. The first-order valence-corrected chi connectivity index (χ1v) is 11.2. The van der Waals surface area contributed by atoms with E-state index in [1.165, 1.54) is 4.31 Å². The fraction of sp³-hybridized carbons (Fsp3) is 0.526. The number of amides is 1. The fourth-order valence-corrected chi connectivity index (χ4v) is 5.55. The Morgan fingerprint density at radius 1 is 1.10 bits per heavy atom. The number of rotatable bonds is 4. The number of nitrogens with zero attached hydrogens (tertiary/aromatic N) is 5. The first-order chi connectivity index (χ1) is 13.9. The molecule has 0 saturated carbocycles. The maximum absolute atomic E-state index is 13.1. The monoisotopic (exact) mass is 419 g/mol. The van der Waals surface area contributed by atoms with Crippen molar-refractivity contribution < 1.29 is 17.9 Å². The molecular weight excluding hydrogens is 394 g/mol. The van der Waals surface area contributed by atoms with Gasteiger partial charge in [0.05, 0.1) is 18.0 Å². The zero-order valence-corrected chi connectivity index (χ0v) is 17.4. The van der Waals surface area contributed by atoms with Crippen LogP contribution in [0.4, 0.5) is 0 Å². The van der Waals surface area contributed by atoms with Crippen molar-refractivity contribution in [3.63, 3.8) is 0 Å². The zero-order valence-electron chi connectivity index (χ0n) is 16.6. The Labute approximate surface area is 170 Å². The van der Waals surface area contributed by atoms with E-state index < -0.39 is 10.0 Å². The van der Waals surface area contributed by atoms with Crippen molar-refractivity contribution in [2.24, 2.45) is 0 Å². The van der Waals surface area contributed by atoms with Gasteiger partial charge in [0.2, 0.25) is 15.9 Å². The van der Waals surface area contributed by atoms with Gasteiger partial charge in [-0.1, -0.05) is 0 Å². The van der Waals surface area contributed by atoms with Crippen LogP contribution in [0, 0.1) is 0 Å². The van der Waals surface area contributed by atoms with Crippen LogP contribution in [-0.2, 0) is 27.8 Å². The Hall–Kier alpha value is -2.46. The molecule has 29 heavy (non-hydrogen) atoms. The second-order valence-corrected chi connectivity index (χ2v) is 9.26. The lowest BCUT2D eigenvalue weighted by Gasteiger charge is -2.23. The molecule has 3 heterocycles. The number of hydrogen-bond acceptors (Lipinski definition) is 6. The molecule has 1 atom stereocenters. The standard InChI is InChI=1S/C19H25N5O4S/c1-14(25)23-10-3-4-17(23)19-21-20-18-9-11-22(12-13-24(18)19)29(26,27)16-7-5-15(28-2)6-8-16/h5-8,17H,3-4,9-13H2,1-2H3/t17-/m1/s1. The van der Waals surface area contributed by atoms with Crippen LogP contribution in [0.25, 0.3) is 0 Å². The van der Waals surface area contributed by atoms with Crippen LogP contribution in [0.1, 0.15) is 37.5 Å². The number of aromatic nitrogens is 3. The van der Waals surface area contributed by atoms with E-state index in [0.717, 1.165) is 31.0 Å². The minimum Gasteiger partial charge on any atom is -0.497 e. The van der Waals surface area contributed by atoms with Gasteiger partial charge in [0.15, 0.2) is 5.82 Å². The summed E-state index contributed by atoms with van der Waals surface area (Å²) in [5.41, 5.74) is 0. The fourth-order valence-electron chi connectivity index (χ4n) is 4.12. The molecule has 0 bridgehead atoms. The largest absolute Gasteiger partial charge is 0.497 e. The van der Waals surface area contributed by atoms with E-state index in [0.29, 0.717) is 31.8 Å². The Kier molecular flexibility index (Phi) is 5.30. The number of carbonyl (C=O) groups excluding carboxylic acids is 1. The van der Waals surface area contributed by atoms with Crippen molar-refractivity contribution in [1.29, 1.82) is 0 Å². The maximum Gasteiger partial charge on any atom is 0.243 e. The maximum atomic E-state index is 13.1. The second-order valence-electron chi connectivity index (χ2n) is 7.33. The van der Waals surface area contributed by atoms with E-state index in [1.54, 1.807) is 38.3 Å². The first-order valence-electron chi connectivity index (χ1n) is 9.75. The van der Waals surface area contributed by atoms with Gasteiger partial charge in [0, 0.05) is 39.5 Å². The molecule has 0 aliphatic carbocycles. The van der Waals surface area contributed by atoms with Gasteiger partial charge in [0.1, 0.15) is 11.6 Å². The van der Waals surface area contributed by atoms with E-state index in [1.807, 2.05) is 9.47 Å². The van der Waals surface area contributed by atoms with Gasteiger partial charge < -0.3 is 14.2 Å². The zero-order chi connectivity index (χ0) is 20.6. The summed E-state index contributed by atoms with van der Waals surface area (Å²) in [5, 5.41) is 8.66. The molecule has 4 rings (SSSR count). The van der Waals surface area contributed by atoms with Crippen molar-refractivity contribution in [1.82, 2.24) is 24.0 Å². The molecule has 1 fully saturated rings. The number of likely N-dealkylation sites (tertiary alicyclic amines) is 1. The summed E-state index contributed by atoms with van der Waals surface area (Å²) < 4.78 is 34.8. The third-order valence-corrected chi connectivity index (χ3v) is 7.58. The van der Waals surface area contributed by atoms with Gasteiger partial charge in [0.25, 0.3) is 0 Å². The Morgan fingerprint density at radius 2 is 1.86 bits per heavy atom. The van der Waals surface area contributed by atoms with Gasteiger partial charge in [-0.2, -0.15) is 4.31 Å². The molecule has 0 unspecified atom stereocenters. The lowest BCUT2D eigenvalue weighted by molar-refractivity contribution is -0.129. The predicted molar refractivity (Wildman–Crippen MR) is 105 cm³/mol. The van der Waals surface area contributed by atoms with Crippen LogP contribution in [-0.4, -0.2) is 65.0 Å². The molecule has 0 N–H and O–H groups in total. The van der Waals surface area contributed by atoms with Gasteiger partial charge >= 0.3 is 0 Å². The number of benzene rings is 1. The summed E-state index contributed by atoms with van der Waals surface area (Å²) in [5.74, 6) is 2.17. The normalized spacial score (nSPS) is 20.3. The van der Waals surface area contributed by atoms with Crippen LogP contribution in [0.5, 0.6) is 5.75 Å². The van der Waals surface area contributed by atoms with Crippen LogP contribution in [0.3, 0.4) is 0 Å². The first kappa shape index (κ1) is 19.8. The highest BCUT2D eigenvalue weighted by Crippen LogP contribution is 2.32. The smallest absolute Gasteiger partial charge is 0.243 e. The molecule has 1 aromatic carbocycles. The highest BCUT2D eigenvalue weighted by molar-refractivity contribution is 7.89. The molecule has 0 radical (unpaired) electrons. The van der Waals surface area contributed by atoms with Crippen LogP contribution in [0.15, 0.2) is 29.2 Å². The predicted octanol–water partition coefficient (Wildman–Crippen LogP) is 1.22. The number of sulfonamides is 1. The third kappa shape index (κ3) is 3.62. The van der Waals surface area contributed by atoms with Crippen molar-refractivity contribution >= 4 is 15.9 Å². The van der Waals surface area contributed by atoms with E-state index >= 15 is 0 Å². The summed E-state index contributed by atoms with van der Waals surface area (Å²) in [4.78, 5) is 14.0. The van der Waals surface area contributed by atoms with Crippen LogP contribution >= 0.6 is 0 Å². The molecule has 2 aromatic rings. The molecular formula is C19H25N5O4S. The molecule has 9 nitrogen and oxygen atoms in total. The number of fused-ring (bicyclic) bond motifs is 1. The number of ether oxygens (including phenoxy) is 1. The number of hydrogen-bond donors (Lipinski definition) is 0. The molecule has 1 saturated heterocycles. The minimum absolute atomic E-state index is 0.0298. The third-order valence-electron chi connectivity index (χ3n) is 5.67. The second kappa shape index (κ2) is 7.75. The summed E-state index contributed by atoms with van der Waals surface area (Å²) in [6, 6.07) is 6.34. The van der Waals surface area contributed by atoms with Crippen LogP contribution < -0.4 is 4.74 Å². The van der Waals surface area contributed by atoms with E-state index in [2.05, 4.69) is 10.2 Å². The molecule has 2 aliphatic rings. The molecule has 10 heteroatoms. The van der Waals surface area contributed by atoms with Crippen molar-refractivity contribution in [3.8, 4) is 5.75 Å². The van der Waals surface area contributed by atoms with Gasteiger partial charge in [-0.15, -0.1) is 10.2 Å². The van der Waals surface area contributed by atoms with Crippen molar-refractivity contribution in [2.45, 2.75) is 43.7 Å². The molecule has 156 valence electrons. The quantitative estimate of drug-likeness (QED) is 0.739. The molecule has 1 amide bonds. The minimum atomic E-state index is -3.61. The number of carbonyl (C=O) groups is 1. The summed E-state index contributed by atoms with van der Waals surface area (Å²) in [6.07, 6.45) is 2.27. The lowest BCUT2D eigenvalue weighted by Crippen LogP contribution is -2.34. The highest BCUT2D eigenvalue weighted by Gasteiger charge is 2.34. The SMILES string of the molecule is COc1ccc(S(=O)(=O)N2CCc3nnc([C@H]4CCCN4C(C)=O)n3CC2)cc1.